The molecule has 5 heterocycles. The predicted octanol–water partition coefficient (Wildman–Crippen LogP) is 1.90. The van der Waals surface area contributed by atoms with E-state index in [2.05, 4.69) is 14.9 Å². The van der Waals surface area contributed by atoms with Crippen LogP contribution < -0.4 is 10.5 Å². The number of hydrogen-bond donors (Lipinski definition) is 0. The van der Waals surface area contributed by atoms with E-state index < -0.39 is 0 Å². The average molecular weight is 424 g/mol. The Morgan fingerprint density at radius 1 is 1.16 bits per heavy atom. The molecule has 5 rings (SSSR count). The number of ether oxygens (including phenoxy) is 1. The van der Waals surface area contributed by atoms with Crippen molar-refractivity contribution >= 4 is 11.7 Å². The van der Waals surface area contributed by atoms with E-state index in [1.165, 1.54) is 0 Å². The van der Waals surface area contributed by atoms with Gasteiger partial charge in [0.15, 0.2) is 0 Å². The number of anilines is 1. The third kappa shape index (κ3) is 3.84. The van der Waals surface area contributed by atoms with Crippen molar-refractivity contribution in [3.05, 3.63) is 52.3 Å². The molecule has 8 heteroatoms. The maximum atomic E-state index is 13.3. The molecule has 3 aliphatic rings. The quantitative estimate of drug-likeness (QED) is 0.747. The lowest BCUT2D eigenvalue weighted by Gasteiger charge is -2.43. The Hall–Kier alpha value is -2.74. The molecule has 0 spiro atoms. The minimum Gasteiger partial charge on any atom is -0.378 e. The zero-order valence-electron chi connectivity index (χ0n) is 17.9. The van der Waals surface area contributed by atoms with E-state index in [0.717, 1.165) is 43.9 Å². The number of fused-ring (bicyclic) bond motifs is 4. The minimum absolute atomic E-state index is 0.139. The Kier molecular flexibility index (Phi) is 5.48. The Bertz CT molecular complexity index is 1000. The van der Waals surface area contributed by atoms with Crippen molar-refractivity contribution in [3.8, 4) is 0 Å². The van der Waals surface area contributed by atoms with E-state index in [0.29, 0.717) is 37.7 Å². The molecule has 0 unspecified atom stereocenters. The fourth-order valence-corrected chi connectivity index (χ4v) is 5.40. The van der Waals surface area contributed by atoms with Gasteiger partial charge in [-0.2, -0.15) is 0 Å². The maximum Gasteiger partial charge on any atom is 0.263 e. The smallest absolute Gasteiger partial charge is 0.263 e. The number of hydrogen-bond acceptors (Lipinski definition) is 6. The van der Waals surface area contributed by atoms with Crippen molar-refractivity contribution in [1.82, 2.24) is 19.4 Å². The van der Waals surface area contributed by atoms with Gasteiger partial charge >= 0.3 is 0 Å². The van der Waals surface area contributed by atoms with Gasteiger partial charge < -0.3 is 19.1 Å². The molecule has 164 valence electrons. The predicted molar refractivity (Wildman–Crippen MR) is 116 cm³/mol. The highest BCUT2D eigenvalue weighted by atomic mass is 16.5. The maximum absolute atomic E-state index is 13.3. The van der Waals surface area contributed by atoms with Gasteiger partial charge in [0.1, 0.15) is 17.7 Å². The topological polar surface area (TPSA) is 80.6 Å². The first kappa shape index (κ1) is 20.2. The van der Waals surface area contributed by atoms with Crippen LogP contribution in [0.1, 0.15) is 48.2 Å². The van der Waals surface area contributed by atoms with E-state index in [4.69, 9.17) is 4.74 Å². The van der Waals surface area contributed by atoms with Gasteiger partial charge in [-0.05, 0) is 50.3 Å². The number of rotatable bonds is 4. The molecule has 31 heavy (non-hydrogen) atoms. The summed E-state index contributed by atoms with van der Waals surface area (Å²) in [6, 6.07) is 5.67. The van der Waals surface area contributed by atoms with E-state index in [-0.39, 0.29) is 23.5 Å². The third-order valence-electron chi connectivity index (χ3n) is 6.86. The zero-order chi connectivity index (χ0) is 21.4. The highest BCUT2D eigenvalue weighted by Crippen LogP contribution is 2.36. The van der Waals surface area contributed by atoms with Crippen molar-refractivity contribution in [2.45, 2.75) is 44.8 Å². The van der Waals surface area contributed by atoms with Gasteiger partial charge in [0, 0.05) is 57.1 Å². The van der Waals surface area contributed by atoms with Gasteiger partial charge in [0.2, 0.25) is 0 Å². The van der Waals surface area contributed by atoms with Crippen LogP contribution in [0.25, 0.3) is 0 Å². The molecule has 2 aromatic heterocycles. The molecule has 8 nitrogen and oxygen atoms in total. The molecule has 0 aromatic carbocycles. The number of carbonyl (C=O) groups is 1. The number of amides is 1. The molecule has 2 bridgehead atoms. The van der Waals surface area contributed by atoms with E-state index in [9.17, 15) is 9.59 Å². The molecule has 2 saturated heterocycles. The number of likely N-dealkylation sites (tertiary alicyclic amines) is 1. The Labute approximate surface area is 181 Å². The number of nitrogens with zero attached hydrogens (tertiary/aromatic N) is 5. The van der Waals surface area contributed by atoms with Crippen LogP contribution in [0.2, 0.25) is 0 Å². The second-order valence-electron chi connectivity index (χ2n) is 8.81. The number of pyridine rings is 1. The standard InChI is InChI=1S/C23H29N5O3/c1-2-31-18-6-9-26(10-7-18)22(29)19-3-4-20-17-11-16(13-28(20)23(19)30)12-27(14-17)21-5-8-24-15-25-21/h3-5,8,15-18H,2,6-7,9-14H2,1H3/t16-,17+/m0/s1. The molecular formula is C23H29N5O3. The Balaban J connectivity index is 1.35. The van der Waals surface area contributed by atoms with Gasteiger partial charge in [-0.15, -0.1) is 0 Å². The van der Waals surface area contributed by atoms with Crippen molar-refractivity contribution in [3.63, 3.8) is 0 Å². The van der Waals surface area contributed by atoms with Crippen LogP contribution in [-0.2, 0) is 11.3 Å². The molecule has 2 fully saturated rings. The minimum atomic E-state index is -0.145. The van der Waals surface area contributed by atoms with E-state index in [1.54, 1.807) is 23.5 Å². The molecule has 0 N–H and O–H groups in total. The van der Waals surface area contributed by atoms with Gasteiger partial charge in [-0.3, -0.25) is 9.59 Å². The summed E-state index contributed by atoms with van der Waals surface area (Å²) in [5.74, 6) is 1.42. The average Bonchev–Trinajstić information content (AvgIpc) is 2.80. The SMILES string of the molecule is CCOC1CCN(C(=O)c2ccc3n(c2=O)C[C@H]2C[C@@H]3CN(c3ccncn3)C2)CC1. The number of piperidine rings is 2. The summed E-state index contributed by atoms with van der Waals surface area (Å²) in [5.41, 5.74) is 1.19. The summed E-state index contributed by atoms with van der Waals surface area (Å²) in [5, 5.41) is 0. The van der Waals surface area contributed by atoms with Gasteiger partial charge in [-0.1, -0.05) is 0 Å². The Morgan fingerprint density at radius 3 is 2.74 bits per heavy atom. The molecule has 0 saturated carbocycles. The van der Waals surface area contributed by atoms with Crippen molar-refractivity contribution < 1.29 is 9.53 Å². The molecular weight excluding hydrogens is 394 g/mol. The van der Waals surface area contributed by atoms with Crippen molar-refractivity contribution in [2.75, 3.05) is 37.7 Å². The summed E-state index contributed by atoms with van der Waals surface area (Å²) in [6.45, 7) is 6.32. The third-order valence-corrected chi connectivity index (χ3v) is 6.86. The van der Waals surface area contributed by atoms with Gasteiger partial charge in [0.25, 0.3) is 11.5 Å². The molecule has 0 radical (unpaired) electrons. The summed E-state index contributed by atoms with van der Waals surface area (Å²) in [4.78, 5) is 38.9. The lowest BCUT2D eigenvalue weighted by Crippen LogP contribution is -2.49. The van der Waals surface area contributed by atoms with E-state index >= 15 is 0 Å². The summed E-state index contributed by atoms with van der Waals surface area (Å²) < 4.78 is 7.54. The summed E-state index contributed by atoms with van der Waals surface area (Å²) in [6.07, 6.45) is 6.28. The Morgan fingerprint density at radius 2 is 2.00 bits per heavy atom. The molecule has 2 atom stereocenters. The lowest BCUT2D eigenvalue weighted by atomic mass is 9.83. The van der Waals surface area contributed by atoms with Crippen molar-refractivity contribution in [2.24, 2.45) is 5.92 Å². The van der Waals surface area contributed by atoms with E-state index in [1.807, 2.05) is 23.6 Å². The van der Waals surface area contributed by atoms with Crippen molar-refractivity contribution in [1.29, 1.82) is 0 Å². The highest BCUT2D eigenvalue weighted by Gasteiger charge is 2.36. The molecule has 3 aliphatic heterocycles. The normalized spacial score (nSPS) is 23.5. The van der Waals surface area contributed by atoms with Gasteiger partial charge in [0.05, 0.1) is 6.10 Å². The monoisotopic (exact) mass is 423 g/mol. The van der Waals surface area contributed by atoms with Gasteiger partial charge in [-0.25, -0.2) is 9.97 Å². The van der Waals surface area contributed by atoms with Crippen LogP contribution in [0.15, 0.2) is 35.5 Å². The van der Waals surface area contributed by atoms with Crippen LogP contribution in [0.4, 0.5) is 5.82 Å². The van der Waals surface area contributed by atoms with Crippen LogP contribution in [-0.4, -0.2) is 64.2 Å². The number of carbonyl (C=O) groups excluding carboxylic acids is 1. The number of aromatic nitrogens is 3. The van der Waals surface area contributed by atoms with Crippen LogP contribution >= 0.6 is 0 Å². The highest BCUT2D eigenvalue weighted by molar-refractivity contribution is 5.94. The lowest BCUT2D eigenvalue weighted by molar-refractivity contribution is 0.0145. The molecule has 1 amide bonds. The fourth-order valence-electron chi connectivity index (χ4n) is 5.40. The molecule has 2 aromatic rings. The van der Waals surface area contributed by atoms with Crippen LogP contribution in [0.3, 0.4) is 0 Å². The second-order valence-corrected chi connectivity index (χ2v) is 8.81. The van der Waals surface area contributed by atoms with Crippen LogP contribution in [0, 0.1) is 5.92 Å². The van der Waals surface area contributed by atoms with Crippen LogP contribution in [0.5, 0.6) is 0 Å². The first-order valence-corrected chi connectivity index (χ1v) is 11.3. The fraction of sp³-hybridized carbons (Fsp3) is 0.565. The summed E-state index contributed by atoms with van der Waals surface area (Å²) >= 11 is 0. The first-order chi connectivity index (χ1) is 15.1. The first-order valence-electron chi connectivity index (χ1n) is 11.3. The summed E-state index contributed by atoms with van der Waals surface area (Å²) in [7, 11) is 0. The largest absolute Gasteiger partial charge is 0.378 e. The second kappa shape index (κ2) is 8.42. The molecule has 0 aliphatic carbocycles. The zero-order valence-corrected chi connectivity index (χ0v) is 17.9.